The van der Waals surface area contributed by atoms with E-state index in [1.807, 2.05) is 38.1 Å². The molecule has 0 amide bonds. The zero-order valence-corrected chi connectivity index (χ0v) is 17.1. The molecule has 2 aliphatic heterocycles. The number of hydrogen-bond acceptors (Lipinski definition) is 7. The second kappa shape index (κ2) is 6.94. The van der Waals surface area contributed by atoms with E-state index in [2.05, 4.69) is 20.0 Å². The van der Waals surface area contributed by atoms with Crippen molar-refractivity contribution in [3.8, 4) is 5.75 Å². The standard InChI is InChI=1S/C21H25N7O2/c1-21(2)17(24-14-7-3-4-8-16(14)30-21)12-28-19(29)18-15(10-23-28)25-20(26-18)27-9-5-6-13(22)11-27/h3-4,7-8,10,13H,5-6,9,11-12,22H2,1-2H3,(H,25,26). The van der Waals surface area contributed by atoms with Crippen molar-refractivity contribution in [2.45, 2.75) is 44.9 Å². The van der Waals surface area contributed by atoms with Crippen LogP contribution in [0.1, 0.15) is 26.7 Å². The van der Waals surface area contributed by atoms with Gasteiger partial charge >= 0.3 is 0 Å². The van der Waals surface area contributed by atoms with Gasteiger partial charge in [-0.2, -0.15) is 5.10 Å². The lowest BCUT2D eigenvalue weighted by molar-refractivity contribution is 0.175. The van der Waals surface area contributed by atoms with Crippen molar-refractivity contribution < 1.29 is 4.74 Å². The van der Waals surface area contributed by atoms with Crippen LogP contribution in [0.15, 0.2) is 40.2 Å². The van der Waals surface area contributed by atoms with Gasteiger partial charge in [-0.1, -0.05) is 12.1 Å². The van der Waals surface area contributed by atoms with Gasteiger partial charge in [0, 0.05) is 19.1 Å². The molecule has 0 spiro atoms. The number of benzene rings is 1. The summed E-state index contributed by atoms with van der Waals surface area (Å²) < 4.78 is 7.51. The molecule has 2 aromatic heterocycles. The summed E-state index contributed by atoms with van der Waals surface area (Å²) in [6.45, 7) is 5.71. The van der Waals surface area contributed by atoms with Crippen molar-refractivity contribution in [1.29, 1.82) is 0 Å². The minimum absolute atomic E-state index is 0.121. The third-order valence-electron chi connectivity index (χ3n) is 5.72. The van der Waals surface area contributed by atoms with Gasteiger partial charge in [-0.3, -0.25) is 4.79 Å². The molecule has 2 aliphatic rings. The minimum Gasteiger partial charge on any atom is -0.480 e. The zero-order chi connectivity index (χ0) is 20.9. The Labute approximate surface area is 173 Å². The Hall–Kier alpha value is -3.20. The highest BCUT2D eigenvalue weighted by Gasteiger charge is 2.33. The zero-order valence-electron chi connectivity index (χ0n) is 17.1. The topological polar surface area (TPSA) is 114 Å². The predicted molar refractivity (Wildman–Crippen MR) is 116 cm³/mol. The molecule has 3 N–H and O–H groups in total. The van der Waals surface area contributed by atoms with E-state index >= 15 is 0 Å². The van der Waals surface area contributed by atoms with Crippen LogP contribution >= 0.6 is 0 Å². The van der Waals surface area contributed by atoms with E-state index < -0.39 is 5.60 Å². The van der Waals surface area contributed by atoms with Crippen molar-refractivity contribution in [2.24, 2.45) is 10.7 Å². The number of H-pyrrole nitrogens is 1. The Bertz CT molecular complexity index is 1190. The van der Waals surface area contributed by atoms with Gasteiger partial charge in [0.2, 0.25) is 5.95 Å². The van der Waals surface area contributed by atoms with Crippen LogP contribution in [-0.4, -0.2) is 50.2 Å². The number of piperidine rings is 1. The van der Waals surface area contributed by atoms with Gasteiger partial charge in [0.05, 0.1) is 24.0 Å². The maximum Gasteiger partial charge on any atom is 0.295 e. The van der Waals surface area contributed by atoms with Crippen LogP contribution in [0.2, 0.25) is 0 Å². The molecule has 0 saturated carbocycles. The molecule has 9 heteroatoms. The first-order valence-electron chi connectivity index (χ1n) is 10.2. The maximum atomic E-state index is 13.1. The van der Waals surface area contributed by atoms with E-state index in [-0.39, 0.29) is 18.1 Å². The maximum absolute atomic E-state index is 13.1. The van der Waals surface area contributed by atoms with Crippen molar-refractivity contribution in [1.82, 2.24) is 19.7 Å². The van der Waals surface area contributed by atoms with Gasteiger partial charge < -0.3 is 20.4 Å². The van der Waals surface area contributed by atoms with Crippen LogP contribution in [0.5, 0.6) is 5.75 Å². The number of imidazole rings is 1. The van der Waals surface area contributed by atoms with Crippen molar-refractivity contribution >= 4 is 28.4 Å². The molecule has 1 saturated heterocycles. The lowest BCUT2D eigenvalue weighted by atomic mass is 10.00. The number of aromatic nitrogens is 4. The van der Waals surface area contributed by atoms with E-state index in [0.29, 0.717) is 17.0 Å². The molecule has 156 valence electrons. The van der Waals surface area contributed by atoms with Crippen molar-refractivity contribution in [2.75, 3.05) is 18.0 Å². The number of para-hydroxylation sites is 2. The number of rotatable bonds is 3. The molecular formula is C21H25N7O2. The van der Waals surface area contributed by atoms with Crippen molar-refractivity contribution in [3.63, 3.8) is 0 Å². The smallest absolute Gasteiger partial charge is 0.295 e. The Kier molecular flexibility index (Phi) is 4.35. The number of nitrogens with one attached hydrogen (secondary N) is 1. The van der Waals surface area contributed by atoms with Crippen molar-refractivity contribution in [3.05, 3.63) is 40.8 Å². The SMILES string of the molecule is CC1(C)Oc2ccccc2N=C1Cn1ncc2[nH]c(N3CCCC(N)C3)nc2c1=O. The molecule has 0 bridgehead atoms. The summed E-state index contributed by atoms with van der Waals surface area (Å²) in [6, 6.07) is 7.74. The fourth-order valence-electron chi connectivity index (χ4n) is 4.01. The van der Waals surface area contributed by atoms with Crippen LogP contribution in [0.4, 0.5) is 11.6 Å². The summed E-state index contributed by atoms with van der Waals surface area (Å²) in [5, 5.41) is 4.35. The average Bonchev–Trinajstić information content (AvgIpc) is 3.15. The van der Waals surface area contributed by atoms with Gasteiger partial charge in [0.25, 0.3) is 5.56 Å². The number of nitrogens with two attached hydrogens (primary N) is 1. The van der Waals surface area contributed by atoms with Gasteiger partial charge in [-0.25, -0.2) is 14.7 Å². The van der Waals surface area contributed by atoms with Crippen LogP contribution in [0.3, 0.4) is 0 Å². The summed E-state index contributed by atoms with van der Waals surface area (Å²) in [6.07, 6.45) is 3.66. The first-order valence-corrected chi connectivity index (χ1v) is 10.2. The molecule has 1 atom stereocenters. The lowest BCUT2D eigenvalue weighted by Crippen LogP contribution is -2.44. The molecule has 9 nitrogen and oxygen atoms in total. The molecule has 30 heavy (non-hydrogen) atoms. The monoisotopic (exact) mass is 407 g/mol. The quantitative estimate of drug-likeness (QED) is 0.686. The molecule has 5 rings (SSSR count). The van der Waals surface area contributed by atoms with Crippen LogP contribution < -0.4 is 20.9 Å². The lowest BCUT2D eigenvalue weighted by Gasteiger charge is -2.32. The van der Waals surface area contributed by atoms with Crippen LogP contribution in [-0.2, 0) is 6.54 Å². The second-order valence-corrected chi connectivity index (χ2v) is 8.42. The van der Waals surface area contributed by atoms with Gasteiger partial charge in [0.1, 0.15) is 17.0 Å². The Balaban J connectivity index is 1.49. The second-order valence-electron chi connectivity index (χ2n) is 8.42. The number of aliphatic imine (C=N–C) groups is 1. The number of ether oxygens (including phenoxy) is 1. The summed E-state index contributed by atoms with van der Waals surface area (Å²) in [5.41, 5.74) is 7.66. The molecule has 3 aromatic rings. The molecule has 4 heterocycles. The van der Waals surface area contributed by atoms with E-state index in [1.54, 1.807) is 6.20 Å². The van der Waals surface area contributed by atoms with E-state index in [0.717, 1.165) is 43.1 Å². The third-order valence-corrected chi connectivity index (χ3v) is 5.72. The van der Waals surface area contributed by atoms with E-state index in [9.17, 15) is 4.79 Å². The Morgan fingerprint density at radius 2 is 2.17 bits per heavy atom. The first kappa shape index (κ1) is 18.8. The minimum atomic E-state index is -0.648. The van der Waals surface area contributed by atoms with Gasteiger partial charge in [0.15, 0.2) is 5.52 Å². The fraction of sp³-hybridized carbons (Fsp3) is 0.429. The summed E-state index contributed by atoms with van der Waals surface area (Å²) >= 11 is 0. The molecular weight excluding hydrogens is 382 g/mol. The highest BCUT2D eigenvalue weighted by Crippen LogP contribution is 2.36. The summed E-state index contributed by atoms with van der Waals surface area (Å²) in [4.78, 5) is 27.7. The summed E-state index contributed by atoms with van der Waals surface area (Å²) in [7, 11) is 0. The molecule has 1 aromatic carbocycles. The number of nitrogens with zero attached hydrogens (tertiary/aromatic N) is 5. The third kappa shape index (κ3) is 3.24. The van der Waals surface area contributed by atoms with E-state index in [4.69, 9.17) is 15.5 Å². The summed E-state index contributed by atoms with van der Waals surface area (Å²) in [5.74, 6) is 1.41. The van der Waals surface area contributed by atoms with E-state index in [1.165, 1.54) is 4.68 Å². The van der Waals surface area contributed by atoms with Gasteiger partial charge in [-0.05, 0) is 38.8 Å². The molecule has 1 unspecified atom stereocenters. The van der Waals surface area contributed by atoms with Gasteiger partial charge in [-0.15, -0.1) is 0 Å². The molecule has 0 aliphatic carbocycles. The number of hydrogen-bond donors (Lipinski definition) is 2. The molecule has 1 fully saturated rings. The fourth-order valence-corrected chi connectivity index (χ4v) is 4.01. The van der Waals surface area contributed by atoms with Crippen LogP contribution in [0, 0.1) is 0 Å². The number of aromatic amines is 1. The largest absolute Gasteiger partial charge is 0.480 e. The average molecular weight is 407 g/mol. The first-order chi connectivity index (χ1) is 14.4. The Morgan fingerprint density at radius 3 is 3.00 bits per heavy atom. The molecule has 0 radical (unpaired) electrons. The highest BCUT2D eigenvalue weighted by molar-refractivity contribution is 5.96. The normalized spacial score (nSPS) is 20.6. The number of anilines is 1. The Morgan fingerprint density at radius 1 is 1.33 bits per heavy atom. The predicted octanol–water partition coefficient (Wildman–Crippen LogP) is 1.99. The number of fused-ring (bicyclic) bond motifs is 2. The van der Waals surface area contributed by atoms with Crippen LogP contribution in [0.25, 0.3) is 11.0 Å². The highest BCUT2D eigenvalue weighted by atomic mass is 16.5.